The summed E-state index contributed by atoms with van der Waals surface area (Å²) in [5.74, 6) is 0.180. The minimum absolute atomic E-state index is 0.180. The van der Waals surface area contributed by atoms with E-state index >= 15 is 0 Å². The zero-order valence-electron chi connectivity index (χ0n) is 14.8. The third-order valence-electron chi connectivity index (χ3n) is 4.65. The van der Waals surface area contributed by atoms with Gasteiger partial charge in [0.15, 0.2) is 0 Å². The van der Waals surface area contributed by atoms with E-state index in [1.807, 2.05) is 60.5 Å². The van der Waals surface area contributed by atoms with Crippen LogP contribution in [0.15, 0.2) is 65.6 Å². The van der Waals surface area contributed by atoms with E-state index in [2.05, 4.69) is 17.0 Å². The predicted octanol–water partition coefficient (Wildman–Crippen LogP) is 4.07. The molecule has 0 aromatic heterocycles. The number of hydrogen-bond donors (Lipinski definition) is 0. The molecule has 1 fully saturated rings. The Morgan fingerprint density at radius 1 is 1.04 bits per heavy atom. The molecule has 4 heteroatoms. The van der Waals surface area contributed by atoms with Crippen LogP contribution in [0.3, 0.4) is 0 Å². The van der Waals surface area contributed by atoms with Crippen LogP contribution in [0.5, 0.6) is 0 Å². The summed E-state index contributed by atoms with van der Waals surface area (Å²) < 4.78 is 0. The van der Waals surface area contributed by atoms with Crippen LogP contribution in [0.4, 0.5) is 0 Å². The van der Waals surface area contributed by atoms with Gasteiger partial charge in [-0.25, -0.2) is 0 Å². The molecule has 1 amide bonds. The minimum Gasteiger partial charge on any atom is -0.343 e. The monoisotopic (exact) mass is 354 g/mol. The van der Waals surface area contributed by atoms with Crippen LogP contribution in [-0.4, -0.2) is 48.9 Å². The summed E-state index contributed by atoms with van der Waals surface area (Å²) in [6.45, 7) is 4.10. The molecule has 132 valence electrons. The Kier molecular flexibility index (Phi) is 6.54. The summed E-state index contributed by atoms with van der Waals surface area (Å²) in [6.07, 6.45) is 2.57. The molecule has 2 aromatic carbocycles. The lowest BCUT2D eigenvalue weighted by Gasteiger charge is -2.26. The lowest BCUT2D eigenvalue weighted by Crippen LogP contribution is -2.37. The Morgan fingerprint density at radius 3 is 2.28 bits per heavy atom. The van der Waals surface area contributed by atoms with Crippen molar-refractivity contribution >= 4 is 17.7 Å². The van der Waals surface area contributed by atoms with E-state index in [0.29, 0.717) is 0 Å². The number of hydrogen-bond acceptors (Lipinski definition) is 3. The molecule has 0 bridgehead atoms. The van der Waals surface area contributed by atoms with Gasteiger partial charge >= 0.3 is 0 Å². The summed E-state index contributed by atoms with van der Waals surface area (Å²) in [6, 6.07) is 20.3. The van der Waals surface area contributed by atoms with Gasteiger partial charge < -0.3 is 9.80 Å². The molecule has 2 aromatic rings. The molecule has 3 nitrogen and oxygen atoms in total. The van der Waals surface area contributed by atoms with E-state index in [4.69, 9.17) is 0 Å². The molecule has 1 heterocycles. The number of amides is 1. The first-order valence-corrected chi connectivity index (χ1v) is 9.86. The van der Waals surface area contributed by atoms with E-state index in [1.165, 1.54) is 25.9 Å². The molecule has 0 spiro atoms. The number of likely N-dealkylation sites (tertiary alicyclic amines) is 1. The molecule has 1 unspecified atom stereocenters. The zero-order valence-corrected chi connectivity index (χ0v) is 15.6. The second kappa shape index (κ2) is 9.07. The Balaban J connectivity index is 1.70. The van der Waals surface area contributed by atoms with E-state index in [-0.39, 0.29) is 11.2 Å². The van der Waals surface area contributed by atoms with Crippen LogP contribution >= 0.6 is 11.8 Å². The Morgan fingerprint density at radius 2 is 1.64 bits per heavy atom. The summed E-state index contributed by atoms with van der Waals surface area (Å²) in [5, 5.41) is -0.202. The number of rotatable bonds is 7. The van der Waals surface area contributed by atoms with Crippen molar-refractivity contribution in [3.63, 3.8) is 0 Å². The molecule has 0 aliphatic carbocycles. The number of nitrogens with zero attached hydrogens (tertiary/aromatic N) is 2. The molecule has 0 radical (unpaired) electrons. The van der Waals surface area contributed by atoms with Gasteiger partial charge in [-0.3, -0.25) is 4.79 Å². The smallest absolute Gasteiger partial charge is 0.240 e. The number of thioether (sulfide) groups is 1. The van der Waals surface area contributed by atoms with Crippen molar-refractivity contribution in [1.82, 2.24) is 9.80 Å². The van der Waals surface area contributed by atoms with Crippen molar-refractivity contribution < 1.29 is 4.79 Å². The first-order valence-electron chi connectivity index (χ1n) is 8.98. The maximum atomic E-state index is 13.1. The fraction of sp³-hybridized carbons (Fsp3) is 0.381. The molecular formula is C21H26N2OS. The van der Waals surface area contributed by atoms with Crippen LogP contribution in [0.1, 0.15) is 23.7 Å². The van der Waals surface area contributed by atoms with Crippen LogP contribution in [0.25, 0.3) is 0 Å². The molecule has 0 saturated carbocycles. The van der Waals surface area contributed by atoms with Gasteiger partial charge in [-0.2, -0.15) is 0 Å². The van der Waals surface area contributed by atoms with Gasteiger partial charge in [0, 0.05) is 25.0 Å². The Labute approximate surface area is 155 Å². The Hall–Kier alpha value is -1.78. The van der Waals surface area contributed by atoms with Crippen molar-refractivity contribution in [2.45, 2.75) is 23.0 Å². The lowest BCUT2D eigenvalue weighted by molar-refractivity contribution is -0.129. The van der Waals surface area contributed by atoms with E-state index in [0.717, 1.165) is 23.5 Å². The van der Waals surface area contributed by atoms with Crippen molar-refractivity contribution in [3.05, 3.63) is 66.2 Å². The van der Waals surface area contributed by atoms with Crippen LogP contribution in [0, 0.1) is 0 Å². The maximum absolute atomic E-state index is 13.1. The second-order valence-corrected chi connectivity index (χ2v) is 7.71. The van der Waals surface area contributed by atoms with E-state index < -0.39 is 0 Å². The molecule has 1 aliphatic heterocycles. The molecule has 1 aliphatic rings. The summed E-state index contributed by atoms with van der Waals surface area (Å²) in [4.78, 5) is 18.6. The lowest BCUT2D eigenvalue weighted by atomic mass is 10.1. The first-order chi connectivity index (χ1) is 12.2. The minimum atomic E-state index is -0.202. The molecule has 25 heavy (non-hydrogen) atoms. The number of benzene rings is 2. The third kappa shape index (κ3) is 5.10. The quantitative estimate of drug-likeness (QED) is 0.700. The molecule has 3 rings (SSSR count). The van der Waals surface area contributed by atoms with Gasteiger partial charge in [-0.1, -0.05) is 48.5 Å². The average molecular weight is 355 g/mol. The van der Waals surface area contributed by atoms with E-state index in [1.54, 1.807) is 11.8 Å². The normalized spacial score (nSPS) is 15.9. The molecule has 1 saturated heterocycles. The predicted molar refractivity (Wildman–Crippen MR) is 105 cm³/mol. The summed E-state index contributed by atoms with van der Waals surface area (Å²) in [7, 11) is 1.93. The Bertz CT molecular complexity index is 656. The summed E-state index contributed by atoms with van der Waals surface area (Å²) >= 11 is 1.63. The largest absolute Gasteiger partial charge is 0.343 e. The van der Waals surface area contributed by atoms with Crippen molar-refractivity contribution in [2.75, 3.05) is 33.2 Å². The summed E-state index contributed by atoms with van der Waals surface area (Å²) in [5.41, 5.74) is 1.06. The highest BCUT2D eigenvalue weighted by molar-refractivity contribution is 8.00. The van der Waals surface area contributed by atoms with Gasteiger partial charge in [0.1, 0.15) is 5.25 Å². The fourth-order valence-electron chi connectivity index (χ4n) is 3.13. The fourth-order valence-corrected chi connectivity index (χ4v) is 4.29. The van der Waals surface area contributed by atoms with Gasteiger partial charge in [0.2, 0.25) is 5.91 Å². The number of carbonyl (C=O) groups is 1. The molecule has 0 N–H and O–H groups in total. The van der Waals surface area contributed by atoms with Crippen molar-refractivity contribution in [1.29, 1.82) is 0 Å². The van der Waals surface area contributed by atoms with Crippen molar-refractivity contribution in [2.24, 2.45) is 0 Å². The van der Waals surface area contributed by atoms with Gasteiger partial charge in [0.05, 0.1) is 0 Å². The van der Waals surface area contributed by atoms with Crippen molar-refractivity contribution in [3.8, 4) is 0 Å². The zero-order chi connectivity index (χ0) is 17.5. The average Bonchev–Trinajstić information content (AvgIpc) is 3.19. The molecular weight excluding hydrogens is 328 g/mol. The van der Waals surface area contributed by atoms with Crippen LogP contribution in [0.2, 0.25) is 0 Å². The van der Waals surface area contributed by atoms with Gasteiger partial charge in [-0.05, 0) is 43.6 Å². The highest BCUT2D eigenvalue weighted by atomic mass is 32.2. The van der Waals surface area contributed by atoms with Crippen LogP contribution in [-0.2, 0) is 4.79 Å². The van der Waals surface area contributed by atoms with E-state index in [9.17, 15) is 4.79 Å². The second-order valence-electron chi connectivity index (χ2n) is 6.53. The standard InChI is InChI=1S/C21H26N2OS/c1-22(16-17-23-14-8-9-15-23)21(24)20(18-10-4-2-5-11-18)25-19-12-6-3-7-13-19/h2-7,10-13,20H,8-9,14-17H2,1H3. The highest BCUT2D eigenvalue weighted by Crippen LogP contribution is 2.36. The number of carbonyl (C=O) groups excluding carboxylic acids is 1. The SMILES string of the molecule is CN(CCN1CCCC1)C(=O)C(Sc1ccccc1)c1ccccc1. The van der Waals surface area contributed by atoms with Gasteiger partial charge in [0.25, 0.3) is 0 Å². The van der Waals surface area contributed by atoms with Gasteiger partial charge in [-0.15, -0.1) is 11.8 Å². The maximum Gasteiger partial charge on any atom is 0.240 e. The third-order valence-corrected chi connectivity index (χ3v) is 5.90. The topological polar surface area (TPSA) is 23.6 Å². The number of likely N-dealkylation sites (N-methyl/N-ethyl adjacent to an activating group) is 1. The molecule has 1 atom stereocenters. The first kappa shape index (κ1) is 18.0. The highest BCUT2D eigenvalue weighted by Gasteiger charge is 2.25. The van der Waals surface area contributed by atoms with Crippen LogP contribution < -0.4 is 0 Å².